The zero-order valence-corrected chi connectivity index (χ0v) is 19.5. The smallest absolute Gasteiger partial charge is 0.366 e. The van der Waals surface area contributed by atoms with Gasteiger partial charge in [-0.1, -0.05) is 36.4 Å². The summed E-state index contributed by atoms with van der Waals surface area (Å²) in [6.45, 7) is 4.71. The number of carbonyl (C=O) groups excluding carboxylic acids is 1. The molecule has 10 heteroatoms. The Morgan fingerprint density at radius 1 is 1.12 bits per heavy atom. The lowest BCUT2D eigenvalue weighted by Crippen LogP contribution is -2.55. The molecular weight excluding hydrogens is 457 g/mol. The molecule has 6 nitrogen and oxygen atoms in total. The van der Waals surface area contributed by atoms with Crippen LogP contribution in [0.15, 0.2) is 53.4 Å². The van der Waals surface area contributed by atoms with E-state index in [1.807, 2.05) is 0 Å². The van der Waals surface area contributed by atoms with Gasteiger partial charge in [0.25, 0.3) is 0 Å². The SMILES string of the molecule is CC(C)(CO[C@H](c1ccccc1)c1ccc(S(C)(=O)=O)cc1C(F)(F)F)NC(=O)N1CCC1. The fraction of sp³-hybridized carbons (Fsp3) is 0.435. The lowest BCUT2D eigenvalue weighted by Gasteiger charge is -2.36. The number of urea groups is 1. The Morgan fingerprint density at radius 2 is 1.76 bits per heavy atom. The van der Waals surface area contributed by atoms with Crippen LogP contribution in [0.3, 0.4) is 0 Å². The Hall–Kier alpha value is -2.59. The van der Waals surface area contributed by atoms with Crippen molar-refractivity contribution in [3.05, 3.63) is 65.2 Å². The summed E-state index contributed by atoms with van der Waals surface area (Å²) in [6.07, 6.45) is -4.13. The van der Waals surface area contributed by atoms with Crippen molar-refractivity contribution in [2.75, 3.05) is 26.0 Å². The van der Waals surface area contributed by atoms with E-state index >= 15 is 0 Å². The standard InChI is InChI=1S/C23H27F3N2O4S/c1-22(2,27-21(29)28-12-7-13-28)15-32-20(16-8-5-4-6-9-16)18-11-10-17(33(3,30)31)14-19(18)23(24,25)26/h4-6,8-11,14,20H,7,12-13,15H2,1-3H3,(H,27,29)/t20-/m1/s1. The Labute approximate surface area is 191 Å². The van der Waals surface area contributed by atoms with E-state index in [0.717, 1.165) is 24.8 Å². The van der Waals surface area contributed by atoms with Crippen molar-refractivity contribution in [2.24, 2.45) is 0 Å². The summed E-state index contributed by atoms with van der Waals surface area (Å²) in [5.74, 6) is 0. The van der Waals surface area contributed by atoms with Crippen molar-refractivity contribution in [3.63, 3.8) is 0 Å². The number of hydrogen-bond acceptors (Lipinski definition) is 4. The van der Waals surface area contributed by atoms with E-state index in [2.05, 4.69) is 5.32 Å². The van der Waals surface area contributed by atoms with Crippen LogP contribution in [-0.2, 0) is 20.8 Å². The van der Waals surface area contributed by atoms with E-state index in [0.29, 0.717) is 24.7 Å². The van der Waals surface area contributed by atoms with Crippen LogP contribution in [0.2, 0.25) is 0 Å². The molecule has 180 valence electrons. The number of nitrogens with one attached hydrogen (secondary N) is 1. The van der Waals surface area contributed by atoms with Crippen LogP contribution >= 0.6 is 0 Å². The van der Waals surface area contributed by atoms with Gasteiger partial charge in [-0.2, -0.15) is 13.2 Å². The van der Waals surface area contributed by atoms with Gasteiger partial charge in [-0.3, -0.25) is 0 Å². The van der Waals surface area contributed by atoms with Gasteiger partial charge in [-0.25, -0.2) is 13.2 Å². The number of carbonyl (C=O) groups is 1. The molecule has 1 fully saturated rings. The maximum absolute atomic E-state index is 14.0. The Bertz CT molecular complexity index is 1100. The van der Waals surface area contributed by atoms with Crippen LogP contribution < -0.4 is 5.32 Å². The normalized spacial score (nSPS) is 15.6. The predicted molar refractivity (Wildman–Crippen MR) is 118 cm³/mol. The molecule has 3 rings (SSSR count). The van der Waals surface area contributed by atoms with Crippen molar-refractivity contribution < 1.29 is 31.1 Å². The first-order chi connectivity index (χ1) is 15.3. The molecule has 0 unspecified atom stereocenters. The molecule has 1 atom stereocenters. The van der Waals surface area contributed by atoms with E-state index < -0.39 is 38.1 Å². The van der Waals surface area contributed by atoms with E-state index in [-0.39, 0.29) is 18.2 Å². The lowest BCUT2D eigenvalue weighted by molar-refractivity contribution is -0.139. The highest BCUT2D eigenvalue weighted by molar-refractivity contribution is 7.90. The van der Waals surface area contributed by atoms with Gasteiger partial charge in [0, 0.05) is 19.3 Å². The third-order valence-corrected chi connectivity index (χ3v) is 6.45. The molecule has 0 bridgehead atoms. The summed E-state index contributed by atoms with van der Waals surface area (Å²) in [4.78, 5) is 13.5. The van der Waals surface area contributed by atoms with Gasteiger partial charge in [-0.05, 0) is 43.5 Å². The largest absolute Gasteiger partial charge is 0.416 e. The van der Waals surface area contributed by atoms with Gasteiger partial charge in [0.2, 0.25) is 0 Å². The van der Waals surface area contributed by atoms with Crippen molar-refractivity contribution in [3.8, 4) is 0 Å². The molecule has 1 saturated heterocycles. The molecule has 0 aromatic heterocycles. The van der Waals surface area contributed by atoms with E-state index in [1.54, 1.807) is 49.1 Å². The van der Waals surface area contributed by atoms with Gasteiger partial charge >= 0.3 is 12.2 Å². The number of ether oxygens (including phenoxy) is 1. The third-order valence-electron chi connectivity index (χ3n) is 5.34. The maximum Gasteiger partial charge on any atom is 0.416 e. The average molecular weight is 485 g/mol. The number of sulfone groups is 1. The molecule has 1 aliphatic rings. The van der Waals surface area contributed by atoms with Crippen LogP contribution in [0, 0.1) is 0 Å². The molecule has 1 heterocycles. The van der Waals surface area contributed by atoms with E-state index in [4.69, 9.17) is 4.74 Å². The first-order valence-electron chi connectivity index (χ1n) is 10.4. The number of halogens is 3. The highest BCUT2D eigenvalue weighted by atomic mass is 32.2. The van der Waals surface area contributed by atoms with Crippen LogP contribution in [0.1, 0.15) is 43.1 Å². The van der Waals surface area contributed by atoms with Gasteiger partial charge < -0.3 is 15.0 Å². The molecule has 2 amide bonds. The quantitative estimate of drug-likeness (QED) is 0.632. The zero-order valence-electron chi connectivity index (χ0n) is 18.6. The number of rotatable bonds is 7. The molecular formula is C23H27F3N2O4S. The summed E-state index contributed by atoms with van der Waals surface area (Å²) >= 11 is 0. The zero-order chi connectivity index (χ0) is 24.4. The van der Waals surface area contributed by atoms with Gasteiger partial charge in [0.05, 0.1) is 22.6 Å². The van der Waals surface area contributed by atoms with Crippen LogP contribution in [0.25, 0.3) is 0 Å². The molecule has 0 aliphatic carbocycles. The molecule has 1 aliphatic heterocycles. The summed E-state index contributed by atoms with van der Waals surface area (Å²) in [5, 5.41) is 2.85. The van der Waals surface area contributed by atoms with Crippen molar-refractivity contribution >= 4 is 15.9 Å². The second-order valence-corrected chi connectivity index (χ2v) is 10.8. The first kappa shape index (κ1) is 25.0. The van der Waals surface area contributed by atoms with Gasteiger partial charge in [0.15, 0.2) is 9.84 Å². The second kappa shape index (κ2) is 9.34. The number of hydrogen-bond donors (Lipinski definition) is 1. The summed E-state index contributed by atoms with van der Waals surface area (Å²) in [6, 6.07) is 11.1. The number of nitrogens with zero attached hydrogens (tertiary/aromatic N) is 1. The second-order valence-electron chi connectivity index (χ2n) is 8.78. The maximum atomic E-state index is 14.0. The van der Waals surface area contributed by atoms with Crippen molar-refractivity contribution in [2.45, 2.75) is 43.0 Å². The van der Waals surface area contributed by atoms with E-state index in [9.17, 15) is 26.4 Å². The molecule has 0 spiro atoms. The van der Waals surface area contributed by atoms with E-state index in [1.165, 1.54) is 0 Å². The topological polar surface area (TPSA) is 75.7 Å². The minimum atomic E-state index is -4.80. The molecule has 33 heavy (non-hydrogen) atoms. The molecule has 2 aromatic carbocycles. The Balaban J connectivity index is 1.96. The summed E-state index contributed by atoms with van der Waals surface area (Å²) in [7, 11) is -3.84. The molecule has 2 aromatic rings. The van der Waals surface area contributed by atoms with Crippen LogP contribution in [0.4, 0.5) is 18.0 Å². The number of amides is 2. The highest BCUT2D eigenvalue weighted by Crippen LogP contribution is 2.39. The first-order valence-corrected chi connectivity index (χ1v) is 12.3. The number of likely N-dealkylation sites (tertiary alicyclic amines) is 1. The monoisotopic (exact) mass is 484 g/mol. The molecule has 1 N–H and O–H groups in total. The third kappa shape index (κ3) is 6.26. The summed E-state index contributed by atoms with van der Waals surface area (Å²) < 4.78 is 71.6. The van der Waals surface area contributed by atoms with Gasteiger partial charge in [-0.15, -0.1) is 0 Å². The number of alkyl halides is 3. The van der Waals surface area contributed by atoms with Gasteiger partial charge in [0.1, 0.15) is 6.10 Å². The van der Waals surface area contributed by atoms with Crippen molar-refractivity contribution in [1.29, 1.82) is 0 Å². The molecule has 0 radical (unpaired) electrons. The number of benzene rings is 2. The Kier molecular flexibility index (Phi) is 7.09. The van der Waals surface area contributed by atoms with Crippen molar-refractivity contribution in [1.82, 2.24) is 10.2 Å². The predicted octanol–water partition coefficient (Wildman–Crippen LogP) is 4.41. The highest BCUT2D eigenvalue weighted by Gasteiger charge is 2.38. The minimum Gasteiger partial charge on any atom is -0.366 e. The Morgan fingerprint density at radius 3 is 2.27 bits per heavy atom. The molecule has 0 saturated carbocycles. The van der Waals surface area contributed by atoms with Crippen LogP contribution in [0.5, 0.6) is 0 Å². The lowest BCUT2D eigenvalue weighted by atomic mass is 9.95. The summed E-state index contributed by atoms with van der Waals surface area (Å²) in [5.41, 5.74) is -1.67. The van der Waals surface area contributed by atoms with Crippen LogP contribution in [-0.4, -0.2) is 50.8 Å². The minimum absolute atomic E-state index is 0.0722. The fourth-order valence-corrected chi connectivity index (χ4v) is 4.10. The average Bonchev–Trinajstić information content (AvgIpc) is 2.65. The fourth-order valence-electron chi connectivity index (χ4n) is 3.45.